The predicted molar refractivity (Wildman–Crippen MR) is 113 cm³/mol. The molecular formula is C23H28N4O3. The largest absolute Gasteiger partial charge is 0.497 e. The Hall–Kier alpha value is -2.93. The van der Waals surface area contributed by atoms with Crippen LogP contribution in [-0.4, -0.2) is 63.9 Å². The number of rotatable bonds is 6. The summed E-state index contributed by atoms with van der Waals surface area (Å²) in [5.74, 6) is 0.649. The van der Waals surface area contributed by atoms with Crippen molar-refractivity contribution < 1.29 is 14.3 Å². The molecule has 3 heterocycles. The lowest BCUT2D eigenvalue weighted by molar-refractivity contribution is -0.136. The van der Waals surface area contributed by atoms with E-state index in [0.717, 1.165) is 36.5 Å². The Morgan fingerprint density at radius 3 is 2.50 bits per heavy atom. The number of likely N-dealkylation sites (tertiary alicyclic amines) is 1. The molecule has 2 saturated heterocycles. The maximum Gasteiger partial charge on any atom is 0.327 e. The number of likely N-dealkylation sites (N-methyl/N-ethyl adjacent to an activating group) is 1. The summed E-state index contributed by atoms with van der Waals surface area (Å²) in [6.45, 7) is 5.11. The Bertz CT molecular complexity index is 910. The van der Waals surface area contributed by atoms with E-state index in [4.69, 9.17) is 4.74 Å². The normalized spacial score (nSPS) is 19.0. The molecule has 0 atom stereocenters. The molecule has 0 unspecified atom stereocenters. The van der Waals surface area contributed by atoms with Crippen LogP contribution in [0.15, 0.2) is 48.8 Å². The number of pyridine rings is 1. The maximum absolute atomic E-state index is 13.5. The summed E-state index contributed by atoms with van der Waals surface area (Å²) in [7, 11) is 1.61. The van der Waals surface area contributed by atoms with Gasteiger partial charge in [0.2, 0.25) is 0 Å². The Morgan fingerprint density at radius 1 is 1.07 bits per heavy atom. The van der Waals surface area contributed by atoms with Gasteiger partial charge >= 0.3 is 6.03 Å². The minimum absolute atomic E-state index is 0.0711. The van der Waals surface area contributed by atoms with Crippen molar-refractivity contribution in [1.82, 2.24) is 19.7 Å². The minimum atomic E-state index is -0.726. The molecule has 2 aliphatic rings. The van der Waals surface area contributed by atoms with Crippen LogP contribution in [0.2, 0.25) is 0 Å². The fourth-order valence-corrected chi connectivity index (χ4v) is 4.63. The minimum Gasteiger partial charge on any atom is -0.497 e. The van der Waals surface area contributed by atoms with Crippen LogP contribution in [0.25, 0.3) is 0 Å². The van der Waals surface area contributed by atoms with Gasteiger partial charge in [-0.05, 0) is 49.1 Å². The number of hydrogen-bond acceptors (Lipinski definition) is 5. The first-order chi connectivity index (χ1) is 14.6. The van der Waals surface area contributed by atoms with Crippen molar-refractivity contribution in [2.24, 2.45) is 0 Å². The molecule has 4 rings (SSSR count). The number of nitrogens with zero attached hydrogens (tertiary/aromatic N) is 4. The number of piperidine rings is 1. The van der Waals surface area contributed by atoms with Crippen LogP contribution in [0.5, 0.6) is 5.75 Å². The zero-order chi connectivity index (χ0) is 21.1. The third-order valence-electron chi connectivity index (χ3n) is 6.22. The summed E-state index contributed by atoms with van der Waals surface area (Å²) in [4.78, 5) is 36.3. The van der Waals surface area contributed by atoms with Gasteiger partial charge in [-0.15, -0.1) is 0 Å². The zero-order valence-electron chi connectivity index (χ0n) is 17.6. The standard InChI is InChI=1S/C23H28N4O3/c1-3-27-22(29)26(17-18-6-4-8-20(14-18)30-2)21(28)23(27)9-12-25(13-10-23)16-19-7-5-11-24-15-19/h4-8,11,14-15H,3,9-10,12-13,16-17H2,1-2H3. The highest BCUT2D eigenvalue weighted by atomic mass is 16.5. The number of hydrogen-bond donors (Lipinski definition) is 0. The Balaban J connectivity index is 1.49. The molecule has 2 aliphatic heterocycles. The molecule has 2 aromatic rings. The molecule has 2 fully saturated rings. The number of methoxy groups -OCH3 is 1. The number of urea groups is 1. The highest BCUT2D eigenvalue weighted by Crippen LogP contribution is 2.38. The average molecular weight is 409 g/mol. The number of ether oxygens (including phenoxy) is 1. The van der Waals surface area contributed by atoms with E-state index in [1.807, 2.05) is 43.5 Å². The van der Waals surface area contributed by atoms with Crippen LogP contribution < -0.4 is 4.74 Å². The molecule has 0 saturated carbocycles. The highest BCUT2D eigenvalue weighted by molar-refractivity contribution is 6.07. The number of aromatic nitrogens is 1. The smallest absolute Gasteiger partial charge is 0.327 e. The molecule has 0 N–H and O–H groups in total. The Labute approximate surface area is 177 Å². The second-order valence-corrected chi connectivity index (χ2v) is 7.94. The van der Waals surface area contributed by atoms with Crippen molar-refractivity contribution >= 4 is 11.9 Å². The summed E-state index contributed by atoms with van der Waals surface area (Å²) in [5.41, 5.74) is 1.32. The van der Waals surface area contributed by atoms with Crippen molar-refractivity contribution in [3.63, 3.8) is 0 Å². The van der Waals surface area contributed by atoms with Gasteiger partial charge in [0.05, 0.1) is 13.7 Å². The summed E-state index contributed by atoms with van der Waals surface area (Å²) in [5, 5.41) is 0. The van der Waals surface area contributed by atoms with Crippen molar-refractivity contribution in [2.45, 2.75) is 38.4 Å². The van der Waals surface area contributed by atoms with E-state index in [1.54, 1.807) is 18.2 Å². The van der Waals surface area contributed by atoms with Crippen molar-refractivity contribution in [2.75, 3.05) is 26.7 Å². The van der Waals surface area contributed by atoms with E-state index < -0.39 is 5.54 Å². The number of amides is 3. The van der Waals surface area contributed by atoms with E-state index in [2.05, 4.69) is 16.0 Å². The lowest BCUT2D eigenvalue weighted by Crippen LogP contribution is -2.56. The van der Waals surface area contributed by atoms with Gasteiger partial charge in [-0.1, -0.05) is 18.2 Å². The fraction of sp³-hybridized carbons (Fsp3) is 0.435. The Morgan fingerprint density at radius 2 is 1.83 bits per heavy atom. The first kappa shape index (κ1) is 20.3. The van der Waals surface area contributed by atoms with Crippen LogP contribution in [0.1, 0.15) is 30.9 Å². The molecule has 1 aromatic carbocycles. The van der Waals surface area contributed by atoms with E-state index in [9.17, 15) is 9.59 Å². The van der Waals surface area contributed by atoms with Gasteiger partial charge in [0.25, 0.3) is 5.91 Å². The van der Waals surface area contributed by atoms with Crippen molar-refractivity contribution in [3.8, 4) is 5.75 Å². The number of carbonyl (C=O) groups excluding carboxylic acids is 2. The number of carbonyl (C=O) groups is 2. The van der Waals surface area contributed by atoms with Crippen molar-refractivity contribution in [1.29, 1.82) is 0 Å². The summed E-state index contributed by atoms with van der Waals surface area (Å²) < 4.78 is 5.28. The summed E-state index contributed by atoms with van der Waals surface area (Å²) in [6.07, 6.45) is 4.96. The molecule has 7 nitrogen and oxygen atoms in total. The SMILES string of the molecule is CCN1C(=O)N(Cc2cccc(OC)c2)C(=O)C12CCN(Cc1cccnc1)CC2. The van der Waals surface area contributed by atoms with Gasteiger partial charge < -0.3 is 9.64 Å². The fourth-order valence-electron chi connectivity index (χ4n) is 4.63. The molecule has 7 heteroatoms. The van der Waals surface area contributed by atoms with E-state index in [0.29, 0.717) is 19.4 Å². The first-order valence-electron chi connectivity index (χ1n) is 10.4. The number of benzene rings is 1. The van der Waals surface area contributed by atoms with Crippen LogP contribution in [0.4, 0.5) is 4.79 Å². The van der Waals surface area contributed by atoms with Crippen LogP contribution in [0.3, 0.4) is 0 Å². The lowest BCUT2D eigenvalue weighted by atomic mass is 9.85. The van der Waals surface area contributed by atoms with E-state index in [1.165, 1.54) is 4.90 Å². The molecular weight excluding hydrogens is 380 g/mol. The quantitative estimate of drug-likeness (QED) is 0.688. The average Bonchev–Trinajstić information content (AvgIpc) is 2.97. The van der Waals surface area contributed by atoms with Gasteiger partial charge in [-0.25, -0.2) is 4.79 Å². The topological polar surface area (TPSA) is 66.0 Å². The monoisotopic (exact) mass is 408 g/mol. The second-order valence-electron chi connectivity index (χ2n) is 7.94. The molecule has 30 heavy (non-hydrogen) atoms. The lowest BCUT2D eigenvalue weighted by Gasteiger charge is -2.41. The maximum atomic E-state index is 13.5. The van der Waals surface area contributed by atoms with Gasteiger partial charge in [-0.3, -0.25) is 19.6 Å². The van der Waals surface area contributed by atoms with Gasteiger partial charge in [0, 0.05) is 38.6 Å². The van der Waals surface area contributed by atoms with E-state index in [-0.39, 0.29) is 18.5 Å². The second kappa shape index (κ2) is 8.44. The first-order valence-corrected chi connectivity index (χ1v) is 10.4. The van der Waals surface area contributed by atoms with Crippen LogP contribution in [0, 0.1) is 0 Å². The van der Waals surface area contributed by atoms with Crippen LogP contribution in [-0.2, 0) is 17.9 Å². The molecule has 0 radical (unpaired) electrons. The Kier molecular flexibility index (Phi) is 5.72. The van der Waals surface area contributed by atoms with Crippen LogP contribution >= 0.6 is 0 Å². The molecule has 158 valence electrons. The molecule has 1 spiro atoms. The predicted octanol–water partition coefficient (Wildman–Crippen LogP) is 2.91. The number of imide groups is 1. The third-order valence-corrected chi connectivity index (χ3v) is 6.22. The van der Waals surface area contributed by atoms with Gasteiger partial charge in [-0.2, -0.15) is 0 Å². The summed E-state index contributed by atoms with van der Waals surface area (Å²) >= 11 is 0. The van der Waals surface area contributed by atoms with Gasteiger partial charge in [0.15, 0.2) is 0 Å². The molecule has 1 aromatic heterocycles. The highest BCUT2D eigenvalue weighted by Gasteiger charge is 2.57. The third kappa shape index (κ3) is 3.65. The summed E-state index contributed by atoms with van der Waals surface area (Å²) in [6, 6.07) is 11.3. The molecule has 0 bridgehead atoms. The molecule has 3 amide bonds. The van der Waals surface area contributed by atoms with E-state index >= 15 is 0 Å². The molecule has 0 aliphatic carbocycles. The zero-order valence-corrected chi connectivity index (χ0v) is 17.6. The van der Waals surface area contributed by atoms with Crippen molar-refractivity contribution in [3.05, 3.63) is 59.9 Å². The van der Waals surface area contributed by atoms with Gasteiger partial charge in [0.1, 0.15) is 11.3 Å².